The first-order valence-corrected chi connectivity index (χ1v) is 13.4. The van der Waals surface area contributed by atoms with Gasteiger partial charge in [0.2, 0.25) is 21.8 Å². The van der Waals surface area contributed by atoms with Crippen LogP contribution in [0.1, 0.15) is 16.8 Å². The van der Waals surface area contributed by atoms with Gasteiger partial charge in [0, 0.05) is 17.6 Å². The summed E-state index contributed by atoms with van der Waals surface area (Å²) in [6.45, 7) is 2.40. The number of aromatic nitrogens is 1. The summed E-state index contributed by atoms with van der Waals surface area (Å²) in [6.07, 6.45) is 0.710. The molecule has 1 heterocycles. The molecule has 2 amide bonds. The van der Waals surface area contributed by atoms with Gasteiger partial charge in [0.05, 0.1) is 22.8 Å². The van der Waals surface area contributed by atoms with Crippen LogP contribution >= 0.6 is 23.1 Å². The van der Waals surface area contributed by atoms with E-state index >= 15 is 0 Å². The lowest BCUT2D eigenvalue weighted by molar-refractivity contribution is -0.120. The maximum atomic E-state index is 12.2. The van der Waals surface area contributed by atoms with Gasteiger partial charge in [-0.25, -0.2) is 18.5 Å². The molecule has 0 saturated carbocycles. The van der Waals surface area contributed by atoms with Crippen LogP contribution < -0.4 is 15.8 Å². The molecule has 1 aromatic heterocycles. The van der Waals surface area contributed by atoms with E-state index in [1.807, 2.05) is 36.6 Å². The number of carbonyl (C=O) groups excluding carboxylic acids is 2. The van der Waals surface area contributed by atoms with Gasteiger partial charge in [-0.3, -0.25) is 9.59 Å². The molecule has 0 atom stereocenters. The zero-order valence-electron chi connectivity index (χ0n) is 17.9. The highest BCUT2D eigenvalue weighted by Gasteiger charge is 2.11. The average molecular weight is 505 g/mol. The third-order valence-corrected chi connectivity index (χ3v) is 7.52. The number of nitrogens with zero attached hydrogens (tertiary/aromatic N) is 1. The van der Waals surface area contributed by atoms with E-state index < -0.39 is 10.0 Å². The van der Waals surface area contributed by atoms with Crippen LogP contribution in [0.4, 0.5) is 5.69 Å². The third-order valence-electron chi connectivity index (χ3n) is 4.52. The molecular weight excluding hydrogens is 480 g/mol. The van der Waals surface area contributed by atoms with Gasteiger partial charge >= 0.3 is 0 Å². The molecule has 0 unspecified atom stereocenters. The normalized spacial score (nSPS) is 11.2. The number of benzene rings is 2. The molecule has 0 fully saturated rings. The first-order chi connectivity index (χ1) is 15.7. The monoisotopic (exact) mass is 504 g/mol. The molecule has 11 heteroatoms. The summed E-state index contributed by atoms with van der Waals surface area (Å²) in [4.78, 5) is 28.7. The zero-order valence-corrected chi connectivity index (χ0v) is 20.4. The quantitative estimate of drug-likeness (QED) is 0.364. The number of aryl methyl sites for hydroxylation is 1. The molecule has 0 aliphatic rings. The smallest absolute Gasteiger partial charge is 0.238 e. The number of nitrogens with one attached hydrogen (secondary N) is 2. The summed E-state index contributed by atoms with van der Waals surface area (Å²) < 4.78 is 23.3. The van der Waals surface area contributed by atoms with Crippen LogP contribution in [0.5, 0.6) is 0 Å². The summed E-state index contributed by atoms with van der Waals surface area (Å²) >= 11 is 2.73. The van der Waals surface area contributed by atoms with Gasteiger partial charge in [-0.2, -0.15) is 0 Å². The Morgan fingerprint density at radius 3 is 2.42 bits per heavy atom. The van der Waals surface area contributed by atoms with Crippen LogP contribution in [0.15, 0.2) is 63.1 Å². The van der Waals surface area contributed by atoms with Gasteiger partial charge in [0.15, 0.2) is 4.34 Å². The Kier molecular flexibility index (Phi) is 8.61. The number of thiazole rings is 1. The standard InChI is InChI=1S/C22H24N4O4S3/c1-15-2-6-17(7-3-15)25-21(28)14-32-22-26-18(13-31-22)12-20(27)24-11-10-16-4-8-19(9-5-16)33(23,29)30/h2-9,13H,10-12,14H2,1H3,(H,24,27)(H,25,28)(H2,23,29,30). The molecule has 0 aliphatic heterocycles. The topological polar surface area (TPSA) is 131 Å². The highest BCUT2D eigenvalue weighted by atomic mass is 32.2. The van der Waals surface area contributed by atoms with Gasteiger partial charge in [-0.05, 0) is 43.2 Å². The molecule has 0 bridgehead atoms. The van der Waals surface area contributed by atoms with Crippen LogP contribution in [0.25, 0.3) is 0 Å². The number of amides is 2. The number of anilines is 1. The highest BCUT2D eigenvalue weighted by molar-refractivity contribution is 8.01. The maximum absolute atomic E-state index is 12.2. The van der Waals surface area contributed by atoms with E-state index in [1.165, 1.54) is 35.2 Å². The van der Waals surface area contributed by atoms with Crippen LogP contribution in [-0.4, -0.2) is 37.5 Å². The van der Waals surface area contributed by atoms with E-state index in [4.69, 9.17) is 5.14 Å². The minimum Gasteiger partial charge on any atom is -0.355 e. The fourth-order valence-electron chi connectivity index (χ4n) is 2.82. The Balaban J connectivity index is 1.38. The Bertz CT molecular complexity index is 1210. The van der Waals surface area contributed by atoms with Gasteiger partial charge in [0.1, 0.15) is 0 Å². The lowest BCUT2D eigenvalue weighted by Gasteiger charge is -2.05. The predicted molar refractivity (Wildman–Crippen MR) is 131 cm³/mol. The van der Waals surface area contributed by atoms with E-state index in [0.717, 1.165) is 21.2 Å². The second-order valence-corrected chi connectivity index (χ2v) is 10.9. The number of thioether (sulfide) groups is 1. The van der Waals surface area contributed by atoms with E-state index in [0.29, 0.717) is 18.7 Å². The van der Waals surface area contributed by atoms with Gasteiger partial charge in [0.25, 0.3) is 0 Å². The summed E-state index contributed by atoms with van der Waals surface area (Å²) in [5.41, 5.74) is 3.42. The first-order valence-electron chi connectivity index (χ1n) is 10.0. The number of primary sulfonamides is 1. The second-order valence-electron chi connectivity index (χ2n) is 7.27. The maximum Gasteiger partial charge on any atom is 0.238 e. The molecule has 3 aromatic rings. The van der Waals surface area contributed by atoms with E-state index in [2.05, 4.69) is 15.6 Å². The fourth-order valence-corrected chi connectivity index (χ4v) is 4.98. The van der Waals surface area contributed by atoms with Crippen LogP contribution in [-0.2, 0) is 32.5 Å². The molecule has 4 N–H and O–H groups in total. The molecule has 2 aromatic carbocycles. The minimum atomic E-state index is -3.71. The molecular formula is C22H24N4O4S3. The van der Waals surface area contributed by atoms with Gasteiger partial charge in [-0.15, -0.1) is 11.3 Å². The van der Waals surface area contributed by atoms with Crippen molar-refractivity contribution in [3.05, 3.63) is 70.7 Å². The Morgan fingerprint density at radius 1 is 1.06 bits per heavy atom. The van der Waals surface area contributed by atoms with Crippen molar-refractivity contribution in [1.82, 2.24) is 10.3 Å². The van der Waals surface area contributed by atoms with Crippen molar-refractivity contribution in [2.24, 2.45) is 5.14 Å². The van der Waals surface area contributed by atoms with Crippen LogP contribution in [0, 0.1) is 6.92 Å². The first kappa shape index (κ1) is 24.9. The van der Waals surface area contributed by atoms with Crippen molar-refractivity contribution in [3.8, 4) is 0 Å². The van der Waals surface area contributed by atoms with Crippen LogP contribution in [0.3, 0.4) is 0 Å². The number of nitrogens with two attached hydrogens (primary N) is 1. The summed E-state index contributed by atoms with van der Waals surface area (Å²) in [5, 5.41) is 12.6. The molecule has 0 radical (unpaired) electrons. The van der Waals surface area contributed by atoms with Crippen molar-refractivity contribution in [2.45, 2.75) is 29.0 Å². The van der Waals surface area contributed by atoms with Crippen molar-refractivity contribution in [1.29, 1.82) is 0 Å². The highest BCUT2D eigenvalue weighted by Crippen LogP contribution is 2.23. The predicted octanol–water partition coefficient (Wildman–Crippen LogP) is 2.73. The summed E-state index contributed by atoms with van der Waals surface area (Å²) in [7, 11) is -3.71. The molecule has 0 aliphatic carbocycles. The van der Waals surface area contributed by atoms with Crippen molar-refractivity contribution in [3.63, 3.8) is 0 Å². The Labute approximate surface area is 201 Å². The average Bonchev–Trinajstić information content (AvgIpc) is 3.21. The molecule has 8 nitrogen and oxygen atoms in total. The zero-order chi connectivity index (χ0) is 23.8. The summed E-state index contributed by atoms with van der Waals surface area (Å²) in [5.74, 6) is -0.0392. The number of rotatable bonds is 10. The van der Waals surface area contributed by atoms with Crippen LogP contribution in [0.2, 0.25) is 0 Å². The number of carbonyl (C=O) groups is 2. The molecule has 33 heavy (non-hydrogen) atoms. The Hall–Kier alpha value is -2.73. The molecule has 0 saturated heterocycles. The summed E-state index contributed by atoms with van der Waals surface area (Å²) in [6, 6.07) is 13.8. The van der Waals surface area contributed by atoms with Crippen molar-refractivity contribution >= 4 is 50.6 Å². The Morgan fingerprint density at radius 2 is 1.76 bits per heavy atom. The van der Waals surface area contributed by atoms with Crippen molar-refractivity contribution in [2.75, 3.05) is 17.6 Å². The third kappa shape index (κ3) is 8.28. The minimum absolute atomic E-state index is 0.0557. The fraction of sp³-hybridized carbons (Fsp3) is 0.227. The van der Waals surface area contributed by atoms with E-state index in [9.17, 15) is 18.0 Å². The largest absolute Gasteiger partial charge is 0.355 e. The number of hydrogen-bond donors (Lipinski definition) is 3. The van der Waals surface area contributed by atoms with Gasteiger partial charge in [-0.1, -0.05) is 41.6 Å². The number of sulfonamides is 1. The van der Waals surface area contributed by atoms with Crippen molar-refractivity contribution < 1.29 is 18.0 Å². The lowest BCUT2D eigenvalue weighted by Crippen LogP contribution is -2.27. The SMILES string of the molecule is Cc1ccc(NC(=O)CSc2nc(CC(=O)NCCc3ccc(S(N)(=O)=O)cc3)cs2)cc1. The molecule has 174 valence electrons. The lowest BCUT2D eigenvalue weighted by atomic mass is 10.1. The second kappa shape index (κ2) is 11.4. The molecule has 0 spiro atoms. The van der Waals surface area contributed by atoms with Gasteiger partial charge < -0.3 is 10.6 Å². The number of hydrogen-bond acceptors (Lipinski definition) is 7. The molecule has 3 rings (SSSR count). The van der Waals surface area contributed by atoms with E-state index in [1.54, 1.807) is 12.1 Å². The van der Waals surface area contributed by atoms with E-state index in [-0.39, 0.29) is 28.9 Å².